The van der Waals surface area contributed by atoms with Gasteiger partial charge in [-0.05, 0) is 11.6 Å². The molecule has 1 N–H and O–H groups in total. The molecule has 0 amide bonds. The van der Waals surface area contributed by atoms with Crippen LogP contribution < -0.4 is 10.6 Å². The maximum atomic E-state index is 8.97. The Labute approximate surface area is 71.8 Å². The molecule has 0 radical (unpaired) electrons. The SMILES string of the molecule is C=C/C(CO)=c1/ccn(C)c1=C. The molecule has 0 aromatic carbocycles. The first-order chi connectivity index (χ1) is 5.70. The van der Waals surface area contributed by atoms with E-state index in [0.29, 0.717) is 0 Å². The molecule has 1 aromatic rings. The summed E-state index contributed by atoms with van der Waals surface area (Å²) in [7, 11) is 1.92. The summed E-state index contributed by atoms with van der Waals surface area (Å²) in [4.78, 5) is 0. The molecular formula is C10H13NO. The first-order valence-corrected chi connectivity index (χ1v) is 3.77. The summed E-state index contributed by atoms with van der Waals surface area (Å²) in [5.41, 5.74) is 0.820. The molecule has 2 nitrogen and oxygen atoms in total. The minimum Gasteiger partial charge on any atom is -0.392 e. The highest BCUT2D eigenvalue weighted by atomic mass is 16.3. The Morgan fingerprint density at radius 2 is 2.42 bits per heavy atom. The fraction of sp³-hybridized carbons (Fsp3) is 0.200. The van der Waals surface area contributed by atoms with E-state index in [-0.39, 0.29) is 6.61 Å². The van der Waals surface area contributed by atoms with Gasteiger partial charge in [0.15, 0.2) is 0 Å². The van der Waals surface area contributed by atoms with Gasteiger partial charge in [-0.1, -0.05) is 19.2 Å². The van der Waals surface area contributed by atoms with Gasteiger partial charge in [0.2, 0.25) is 0 Å². The topological polar surface area (TPSA) is 25.2 Å². The number of aryl methyl sites for hydroxylation is 1. The van der Waals surface area contributed by atoms with Crippen LogP contribution in [0.15, 0.2) is 24.9 Å². The third kappa shape index (κ3) is 1.34. The molecule has 0 saturated heterocycles. The molecule has 0 bridgehead atoms. The standard InChI is InChI=1S/C10H13NO/c1-4-9(7-12)10-5-6-11(3)8(10)2/h4-6,12H,1-2,7H2,3H3/b10-9+. The van der Waals surface area contributed by atoms with Crippen molar-refractivity contribution in [2.45, 2.75) is 0 Å². The van der Waals surface area contributed by atoms with Crippen molar-refractivity contribution in [3.63, 3.8) is 0 Å². The zero-order valence-electron chi connectivity index (χ0n) is 7.25. The molecular weight excluding hydrogens is 150 g/mol. The normalized spacial score (nSPS) is 12.8. The molecule has 0 fully saturated rings. The lowest BCUT2D eigenvalue weighted by atomic mass is 10.2. The van der Waals surface area contributed by atoms with Gasteiger partial charge in [0.25, 0.3) is 0 Å². The van der Waals surface area contributed by atoms with Crippen molar-refractivity contribution in [1.82, 2.24) is 4.57 Å². The molecule has 2 heteroatoms. The fourth-order valence-corrected chi connectivity index (χ4v) is 1.11. The maximum Gasteiger partial charge on any atom is 0.0688 e. The molecule has 0 aliphatic carbocycles. The van der Waals surface area contributed by atoms with Gasteiger partial charge in [0.1, 0.15) is 0 Å². The molecule has 64 valence electrons. The molecule has 12 heavy (non-hydrogen) atoms. The Morgan fingerprint density at radius 1 is 1.75 bits per heavy atom. The van der Waals surface area contributed by atoms with E-state index in [1.54, 1.807) is 6.08 Å². The summed E-state index contributed by atoms with van der Waals surface area (Å²) in [6, 6.07) is 1.93. The molecule has 0 atom stereocenters. The summed E-state index contributed by atoms with van der Waals surface area (Å²) in [6.45, 7) is 7.51. The van der Waals surface area contributed by atoms with Gasteiger partial charge in [-0.25, -0.2) is 0 Å². The average molecular weight is 163 g/mol. The molecule has 0 spiro atoms. The van der Waals surface area contributed by atoms with Crippen LogP contribution in [0.2, 0.25) is 0 Å². The van der Waals surface area contributed by atoms with E-state index >= 15 is 0 Å². The minimum absolute atomic E-state index is 0.00995. The highest BCUT2D eigenvalue weighted by Gasteiger charge is 1.94. The smallest absolute Gasteiger partial charge is 0.0688 e. The summed E-state index contributed by atoms with van der Waals surface area (Å²) in [6.07, 6.45) is 3.57. The van der Waals surface area contributed by atoms with E-state index < -0.39 is 0 Å². The van der Waals surface area contributed by atoms with Crippen LogP contribution >= 0.6 is 0 Å². The first kappa shape index (κ1) is 8.81. The quantitative estimate of drug-likeness (QED) is 0.640. The van der Waals surface area contributed by atoms with Crippen LogP contribution in [0.25, 0.3) is 12.2 Å². The fourth-order valence-electron chi connectivity index (χ4n) is 1.11. The summed E-state index contributed by atoms with van der Waals surface area (Å²) < 4.78 is 1.91. The summed E-state index contributed by atoms with van der Waals surface area (Å²) in [5.74, 6) is 0. The third-order valence-corrected chi connectivity index (χ3v) is 1.96. The molecule has 1 heterocycles. The average Bonchev–Trinajstić information content (AvgIpc) is 2.38. The Kier molecular flexibility index (Phi) is 2.51. The molecule has 0 aliphatic rings. The van der Waals surface area contributed by atoms with Crippen LogP contribution in [0.3, 0.4) is 0 Å². The largest absolute Gasteiger partial charge is 0.392 e. The van der Waals surface area contributed by atoms with Crippen LogP contribution in [0.1, 0.15) is 0 Å². The zero-order chi connectivity index (χ0) is 9.14. The molecule has 0 aliphatic heterocycles. The van der Waals surface area contributed by atoms with E-state index in [2.05, 4.69) is 13.2 Å². The molecule has 0 saturated carbocycles. The van der Waals surface area contributed by atoms with Crippen molar-refractivity contribution in [2.75, 3.05) is 6.61 Å². The number of hydrogen-bond acceptors (Lipinski definition) is 1. The van der Waals surface area contributed by atoms with Crippen molar-refractivity contribution in [1.29, 1.82) is 0 Å². The second-order valence-corrected chi connectivity index (χ2v) is 2.67. The van der Waals surface area contributed by atoms with Crippen molar-refractivity contribution in [3.05, 3.63) is 35.5 Å². The van der Waals surface area contributed by atoms with Gasteiger partial charge in [-0.15, -0.1) is 0 Å². The van der Waals surface area contributed by atoms with Gasteiger partial charge in [-0.3, -0.25) is 0 Å². The number of rotatable bonds is 2. The first-order valence-electron chi connectivity index (χ1n) is 3.77. The molecule has 1 aromatic heterocycles. The van der Waals surface area contributed by atoms with Gasteiger partial charge < -0.3 is 9.67 Å². The van der Waals surface area contributed by atoms with Crippen molar-refractivity contribution < 1.29 is 5.11 Å². The van der Waals surface area contributed by atoms with E-state index in [4.69, 9.17) is 5.11 Å². The van der Waals surface area contributed by atoms with Gasteiger partial charge in [0.05, 0.1) is 6.61 Å². The van der Waals surface area contributed by atoms with E-state index in [1.165, 1.54) is 0 Å². The Morgan fingerprint density at radius 3 is 2.75 bits per heavy atom. The summed E-state index contributed by atoms with van der Waals surface area (Å²) >= 11 is 0. The van der Waals surface area contributed by atoms with Gasteiger partial charge in [0, 0.05) is 23.8 Å². The molecule has 0 unspecified atom stereocenters. The minimum atomic E-state index is 0.00995. The van der Waals surface area contributed by atoms with E-state index in [0.717, 1.165) is 16.1 Å². The number of aliphatic hydroxyl groups excluding tert-OH is 1. The lowest BCUT2D eigenvalue weighted by Crippen LogP contribution is -2.28. The van der Waals surface area contributed by atoms with Crippen molar-refractivity contribution in [3.8, 4) is 0 Å². The van der Waals surface area contributed by atoms with Gasteiger partial charge in [-0.2, -0.15) is 0 Å². The lowest BCUT2D eigenvalue weighted by Gasteiger charge is -1.93. The Bertz CT molecular complexity index is 386. The predicted octanol–water partition coefficient (Wildman–Crippen LogP) is -0.236. The van der Waals surface area contributed by atoms with Crippen LogP contribution in [0.5, 0.6) is 0 Å². The zero-order valence-corrected chi connectivity index (χ0v) is 7.25. The van der Waals surface area contributed by atoms with Crippen molar-refractivity contribution in [2.24, 2.45) is 7.05 Å². The Balaban J connectivity index is 3.53. The second kappa shape index (κ2) is 3.41. The third-order valence-electron chi connectivity index (χ3n) is 1.96. The lowest BCUT2D eigenvalue weighted by molar-refractivity contribution is 0.350. The van der Waals surface area contributed by atoms with E-state index in [1.807, 2.05) is 23.9 Å². The van der Waals surface area contributed by atoms with Crippen LogP contribution in [-0.4, -0.2) is 16.3 Å². The van der Waals surface area contributed by atoms with Gasteiger partial charge >= 0.3 is 0 Å². The number of nitrogens with zero attached hydrogens (tertiary/aromatic N) is 1. The highest BCUT2D eigenvalue weighted by molar-refractivity contribution is 5.56. The summed E-state index contributed by atoms with van der Waals surface area (Å²) in [5, 5.41) is 10.8. The van der Waals surface area contributed by atoms with Crippen LogP contribution in [0.4, 0.5) is 0 Å². The van der Waals surface area contributed by atoms with Crippen LogP contribution in [0, 0.1) is 0 Å². The van der Waals surface area contributed by atoms with E-state index in [9.17, 15) is 0 Å². The number of aromatic nitrogens is 1. The molecule has 1 rings (SSSR count). The Hall–Kier alpha value is -1.28. The second-order valence-electron chi connectivity index (χ2n) is 2.67. The monoisotopic (exact) mass is 163 g/mol. The van der Waals surface area contributed by atoms with Crippen LogP contribution in [-0.2, 0) is 7.05 Å². The number of aliphatic hydroxyl groups is 1. The predicted molar refractivity (Wildman–Crippen MR) is 50.9 cm³/mol. The maximum absolute atomic E-state index is 8.97. The number of hydrogen-bond donors (Lipinski definition) is 1. The van der Waals surface area contributed by atoms with Crippen molar-refractivity contribution >= 4 is 12.2 Å². The highest BCUT2D eigenvalue weighted by Crippen LogP contribution is 1.89.